The Balaban J connectivity index is 1.88. The summed E-state index contributed by atoms with van der Waals surface area (Å²) in [6, 6.07) is -0.377. The molecule has 0 bridgehead atoms. The number of nitrogens with one attached hydrogen (secondary N) is 1. The molecular weight excluding hydrogens is 289 g/mol. The van der Waals surface area contributed by atoms with Crippen LogP contribution in [0.25, 0.3) is 0 Å². The third-order valence-electron chi connectivity index (χ3n) is 3.87. The standard InChI is InChI=1S/C13H19F3N2O3/c1-8-5-10(12(20)21-8)18-4-2-3-9(6-18)11(19)17-7-13(14,15)16/h8-10H,2-7H2,1H3,(H,17,19)/t8-,9+,10+/m1/s1. The van der Waals surface area contributed by atoms with Gasteiger partial charge in [-0.1, -0.05) is 0 Å². The Morgan fingerprint density at radius 1 is 1.48 bits per heavy atom. The molecular formula is C13H19F3N2O3. The average Bonchev–Trinajstić information content (AvgIpc) is 2.74. The molecule has 3 atom stereocenters. The number of likely N-dealkylation sites (tertiary alicyclic amines) is 1. The molecule has 1 N–H and O–H groups in total. The predicted molar refractivity (Wildman–Crippen MR) is 67.3 cm³/mol. The second-order valence-corrected chi connectivity index (χ2v) is 5.67. The van der Waals surface area contributed by atoms with Gasteiger partial charge in [0.25, 0.3) is 0 Å². The van der Waals surface area contributed by atoms with Crippen molar-refractivity contribution in [1.82, 2.24) is 10.2 Å². The molecule has 5 nitrogen and oxygen atoms in total. The van der Waals surface area contributed by atoms with Crippen molar-refractivity contribution in [2.75, 3.05) is 19.6 Å². The maximum Gasteiger partial charge on any atom is 0.405 e. The fraction of sp³-hybridized carbons (Fsp3) is 0.846. The lowest BCUT2D eigenvalue weighted by Gasteiger charge is -2.34. The number of piperidine rings is 1. The van der Waals surface area contributed by atoms with Crippen LogP contribution in [-0.2, 0) is 14.3 Å². The Labute approximate surface area is 120 Å². The average molecular weight is 308 g/mol. The van der Waals surface area contributed by atoms with Gasteiger partial charge in [0.15, 0.2) is 0 Å². The maximum atomic E-state index is 12.1. The number of cyclic esters (lactones) is 1. The number of halogens is 3. The zero-order valence-corrected chi connectivity index (χ0v) is 11.8. The number of hydrogen-bond acceptors (Lipinski definition) is 4. The van der Waals surface area contributed by atoms with Crippen LogP contribution < -0.4 is 5.32 Å². The monoisotopic (exact) mass is 308 g/mol. The topological polar surface area (TPSA) is 58.6 Å². The highest BCUT2D eigenvalue weighted by Crippen LogP contribution is 2.25. The molecule has 2 aliphatic rings. The molecule has 2 heterocycles. The second kappa shape index (κ2) is 6.21. The fourth-order valence-corrected chi connectivity index (χ4v) is 2.87. The van der Waals surface area contributed by atoms with Crippen molar-refractivity contribution in [3.63, 3.8) is 0 Å². The van der Waals surface area contributed by atoms with Crippen molar-refractivity contribution in [2.24, 2.45) is 5.92 Å². The van der Waals surface area contributed by atoms with Crippen LogP contribution in [0.2, 0.25) is 0 Å². The number of hydrogen-bond donors (Lipinski definition) is 1. The minimum Gasteiger partial charge on any atom is -0.461 e. The first-order valence-electron chi connectivity index (χ1n) is 7.05. The number of alkyl halides is 3. The summed E-state index contributed by atoms with van der Waals surface area (Å²) in [6.07, 6.45) is -2.77. The van der Waals surface area contributed by atoms with Gasteiger partial charge < -0.3 is 10.1 Å². The zero-order valence-electron chi connectivity index (χ0n) is 11.8. The lowest BCUT2D eigenvalue weighted by Crippen LogP contribution is -2.49. The van der Waals surface area contributed by atoms with Gasteiger partial charge in [0.05, 0.1) is 5.92 Å². The van der Waals surface area contributed by atoms with Crippen LogP contribution in [-0.4, -0.2) is 54.7 Å². The largest absolute Gasteiger partial charge is 0.461 e. The van der Waals surface area contributed by atoms with Gasteiger partial charge in [0.2, 0.25) is 5.91 Å². The highest BCUT2D eigenvalue weighted by atomic mass is 19.4. The van der Waals surface area contributed by atoms with Gasteiger partial charge in [-0.3, -0.25) is 14.5 Å². The molecule has 0 spiro atoms. The van der Waals surface area contributed by atoms with Crippen molar-refractivity contribution in [3.8, 4) is 0 Å². The van der Waals surface area contributed by atoms with E-state index in [9.17, 15) is 22.8 Å². The van der Waals surface area contributed by atoms with E-state index in [1.165, 1.54) is 0 Å². The highest BCUT2D eigenvalue weighted by molar-refractivity contribution is 5.80. The lowest BCUT2D eigenvalue weighted by atomic mass is 9.95. The minimum absolute atomic E-state index is 0.151. The summed E-state index contributed by atoms with van der Waals surface area (Å²) in [5.74, 6) is -1.42. The first-order valence-corrected chi connectivity index (χ1v) is 7.05. The summed E-state index contributed by atoms with van der Waals surface area (Å²) in [5, 5.41) is 1.92. The molecule has 2 rings (SSSR count). The van der Waals surface area contributed by atoms with Crippen LogP contribution in [0.3, 0.4) is 0 Å². The van der Waals surface area contributed by atoms with E-state index in [0.717, 1.165) is 0 Å². The second-order valence-electron chi connectivity index (χ2n) is 5.67. The number of carbonyl (C=O) groups excluding carboxylic acids is 2. The van der Waals surface area contributed by atoms with Crippen molar-refractivity contribution >= 4 is 11.9 Å². The molecule has 0 radical (unpaired) electrons. The van der Waals surface area contributed by atoms with E-state index in [1.807, 2.05) is 10.2 Å². The lowest BCUT2D eigenvalue weighted by molar-refractivity contribution is -0.147. The Hall–Kier alpha value is -1.31. The molecule has 0 aromatic carbocycles. The molecule has 0 aromatic rings. The Morgan fingerprint density at radius 3 is 2.76 bits per heavy atom. The molecule has 0 saturated carbocycles. The van der Waals surface area contributed by atoms with E-state index in [4.69, 9.17) is 4.74 Å². The SMILES string of the molecule is C[C@@H]1C[C@H](N2CCC[C@H](C(=O)NCC(F)(F)F)C2)C(=O)O1. The van der Waals surface area contributed by atoms with Gasteiger partial charge in [-0.05, 0) is 26.3 Å². The van der Waals surface area contributed by atoms with E-state index in [2.05, 4.69) is 0 Å². The van der Waals surface area contributed by atoms with Crippen molar-refractivity contribution in [1.29, 1.82) is 0 Å². The minimum atomic E-state index is -4.41. The predicted octanol–water partition coefficient (Wildman–Crippen LogP) is 1.08. The third-order valence-corrected chi connectivity index (χ3v) is 3.87. The molecule has 1 amide bonds. The Morgan fingerprint density at radius 2 is 2.19 bits per heavy atom. The highest BCUT2D eigenvalue weighted by Gasteiger charge is 2.39. The van der Waals surface area contributed by atoms with Crippen LogP contribution in [0.1, 0.15) is 26.2 Å². The van der Waals surface area contributed by atoms with Crippen LogP contribution >= 0.6 is 0 Å². The van der Waals surface area contributed by atoms with Crippen LogP contribution in [0.4, 0.5) is 13.2 Å². The third kappa shape index (κ3) is 4.33. The molecule has 8 heteroatoms. The smallest absolute Gasteiger partial charge is 0.405 e. The Bertz CT molecular complexity index is 414. The van der Waals surface area contributed by atoms with Gasteiger partial charge in [-0.15, -0.1) is 0 Å². The van der Waals surface area contributed by atoms with E-state index in [-0.39, 0.29) is 18.1 Å². The Kier molecular flexibility index (Phi) is 4.75. The molecule has 2 saturated heterocycles. The molecule has 120 valence electrons. The van der Waals surface area contributed by atoms with Gasteiger partial charge >= 0.3 is 12.1 Å². The van der Waals surface area contributed by atoms with Gasteiger partial charge in [0.1, 0.15) is 18.7 Å². The molecule has 0 aromatic heterocycles. The molecule has 2 aliphatic heterocycles. The number of nitrogens with zero attached hydrogens (tertiary/aromatic N) is 1. The summed E-state index contributed by atoms with van der Waals surface area (Å²) in [4.78, 5) is 25.4. The summed E-state index contributed by atoms with van der Waals surface area (Å²) >= 11 is 0. The van der Waals surface area contributed by atoms with Gasteiger partial charge in [-0.25, -0.2) is 0 Å². The number of amides is 1. The van der Waals surface area contributed by atoms with Crippen LogP contribution in [0.15, 0.2) is 0 Å². The van der Waals surface area contributed by atoms with Gasteiger partial charge in [-0.2, -0.15) is 13.2 Å². The van der Waals surface area contributed by atoms with E-state index >= 15 is 0 Å². The normalized spacial score (nSPS) is 31.0. The summed E-state index contributed by atoms with van der Waals surface area (Å²) in [7, 11) is 0. The number of carbonyl (C=O) groups is 2. The molecule has 21 heavy (non-hydrogen) atoms. The quantitative estimate of drug-likeness (QED) is 0.793. The first kappa shape index (κ1) is 16.1. The van der Waals surface area contributed by atoms with Crippen molar-refractivity contribution in [3.05, 3.63) is 0 Å². The fourth-order valence-electron chi connectivity index (χ4n) is 2.87. The molecule has 0 aliphatic carbocycles. The van der Waals surface area contributed by atoms with Gasteiger partial charge in [0, 0.05) is 13.0 Å². The number of esters is 1. The van der Waals surface area contributed by atoms with E-state index in [0.29, 0.717) is 32.4 Å². The number of ether oxygens (including phenoxy) is 1. The molecule has 0 unspecified atom stereocenters. The zero-order chi connectivity index (χ0) is 15.6. The van der Waals surface area contributed by atoms with Crippen molar-refractivity contribution < 1.29 is 27.5 Å². The number of rotatable bonds is 3. The summed E-state index contributed by atoms with van der Waals surface area (Å²) in [6.45, 7) is 1.45. The first-order chi connectivity index (χ1) is 9.76. The van der Waals surface area contributed by atoms with E-state index in [1.54, 1.807) is 6.92 Å². The van der Waals surface area contributed by atoms with Crippen LogP contribution in [0.5, 0.6) is 0 Å². The molecule has 2 fully saturated rings. The van der Waals surface area contributed by atoms with Crippen LogP contribution in [0, 0.1) is 5.92 Å². The summed E-state index contributed by atoms with van der Waals surface area (Å²) < 4.78 is 41.4. The summed E-state index contributed by atoms with van der Waals surface area (Å²) in [5.41, 5.74) is 0. The van der Waals surface area contributed by atoms with Crippen molar-refractivity contribution in [2.45, 2.75) is 44.5 Å². The van der Waals surface area contributed by atoms with E-state index < -0.39 is 24.5 Å². The maximum absolute atomic E-state index is 12.1.